The van der Waals surface area contributed by atoms with Gasteiger partial charge in [0, 0.05) is 0 Å². The molecule has 0 spiro atoms. The highest BCUT2D eigenvalue weighted by atomic mass is 16.5. The highest BCUT2D eigenvalue weighted by Crippen LogP contribution is 2.26. The van der Waals surface area contributed by atoms with Crippen LogP contribution in [-0.2, 0) is 27.2 Å². The molecule has 0 saturated carbocycles. The first kappa shape index (κ1) is 24.0. The van der Waals surface area contributed by atoms with Crippen molar-refractivity contribution in [2.24, 2.45) is 5.41 Å². The monoisotopic (exact) mass is 392 g/mol. The molecule has 1 aromatic carbocycles. The van der Waals surface area contributed by atoms with Crippen molar-refractivity contribution in [2.45, 2.75) is 91.1 Å². The van der Waals surface area contributed by atoms with Gasteiger partial charge < -0.3 is 14.9 Å². The number of hydrogen-bond acceptors (Lipinski definition) is 4. The number of unbranched alkanes of at least 4 members (excludes halogenated alkanes) is 3. The van der Waals surface area contributed by atoms with Crippen LogP contribution in [0.3, 0.4) is 0 Å². The standard InChI is InChI=1S/C23H36O5/c1-22(2,21(26)27)14-8-5-6-11-19-13-12-18(16-20(19)25)10-7-9-15-23(3,4)28-17-24/h12-13,16-17,25H,5-11,14-15H2,1-4H3,(H,26,27). The fraction of sp³-hybridized carbons (Fsp3) is 0.652. The van der Waals surface area contributed by atoms with Crippen LogP contribution >= 0.6 is 0 Å². The summed E-state index contributed by atoms with van der Waals surface area (Å²) in [6.45, 7) is 7.84. The molecule has 28 heavy (non-hydrogen) atoms. The van der Waals surface area contributed by atoms with E-state index in [0.717, 1.165) is 62.5 Å². The van der Waals surface area contributed by atoms with Gasteiger partial charge in [0.15, 0.2) is 0 Å². The van der Waals surface area contributed by atoms with Crippen LogP contribution in [-0.4, -0.2) is 28.3 Å². The number of benzene rings is 1. The Morgan fingerprint density at radius 2 is 1.64 bits per heavy atom. The number of ether oxygens (including phenoxy) is 1. The maximum Gasteiger partial charge on any atom is 0.309 e. The summed E-state index contributed by atoms with van der Waals surface area (Å²) in [5.41, 5.74) is 0.964. The highest BCUT2D eigenvalue weighted by Gasteiger charge is 2.25. The van der Waals surface area contributed by atoms with Crippen molar-refractivity contribution >= 4 is 12.4 Å². The molecule has 1 rings (SSSR count). The van der Waals surface area contributed by atoms with Gasteiger partial charge in [-0.05, 0) is 89.8 Å². The summed E-state index contributed by atoms with van der Waals surface area (Å²) in [7, 11) is 0. The van der Waals surface area contributed by atoms with Crippen LogP contribution in [0, 0.1) is 5.41 Å². The SMILES string of the molecule is CC(C)(CCCCc1ccc(CCCCCC(C)(C)C(=O)O)c(O)c1)OC=O. The summed E-state index contributed by atoms with van der Waals surface area (Å²) in [6.07, 6.45) is 7.87. The summed E-state index contributed by atoms with van der Waals surface area (Å²) in [5.74, 6) is -0.409. The van der Waals surface area contributed by atoms with Crippen LogP contribution in [0.5, 0.6) is 5.75 Å². The van der Waals surface area contributed by atoms with E-state index < -0.39 is 17.0 Å². The Morgan fingerprint density at radius 3 is 2.25 bits per heavy atom. The number of phenols is 1. The van der Waals surface area contributed by atoms with Gasteiger partial charge in [-0.2, -0.15) is 0 Å². The van der Waals surface area contributed by atoms with E-state index in [0.29, 0.717) is 18.6 Å². The fourth-order valence-corrected chi connectivity index (χ4v) is 3.21. The summed E-state index contributed by atoms with van der Waals surface area (Å²) < 4.78 is 5.05. The number of aliphatic carboxylic acids is 1. The normalized spacial score (nSPS) is 12.0. The minimum absolute atomic E-state index is 0.341. The number of carbonyl (C=O) groups is 2. The van der Waals surface area contributed by atoms with Crippen molar-refractivity contribution in [3.05, 3.63) is 29.3 Å². The van der Waals surface area contributed by atoms with Crippen LogP contribution in [0.15, 0.2) is 18.2 Å². The molecule has 0 atom stereocenters. The molecular formula is C23H36O5. The van der Waals surface area contributed by atoms with Crippen LogP contribution in [0.25, 0.3) is 0 Å². The predicted molar refractivity (Wildman–Crippen MR) is 110 cm³/mol. The lowest BCUT2D eigenvalue weighted by Crippen LogP contribution is -2.23. The first-order chi connectivity index (χ1) is 13.1. The minimum Gasteiger partial charge on any atom is -0.508 e. The minimum atomic E-state index is -0.749. The molecule has 0 bridgehead atoms. The van der Waals surface area contributed by atoms with Crippen LogP contribution in [0.4, 0.5) is 0 Å². The number of rotatable bonds is 14. The average molecular weight is 393 g/mol. The molecule has 0 aromatic heterocycles. The number of carboxylic acids is 1. The highest BCUT2D eigenvalue weighted by molar-refractivity contribution is 5.73. The van der Waals surface area contributed by atoms with Crippen LogP contribution < -0.4 is 0 Å². The van der Waals surface area contributed by atoms with Gasteiger partial charge in [0.05, 0.1) is 5.41 Å². The molecule has 0 saturated heterocycles. The van der Waals surface area contributed by atoms with Crippen molar-refractivity contribution in [3.8, 4) is 5.75 Å². The second-order valence-electron chi connectivity index (χ2n) is 8.89. The van der Waals surface area contributed by atoms with Gasteiger partial charge in [0.2, 0.25) is 0 Å². The van der Waals surface area contributed by atoms with E-state index in [1.54, 1.807) is 13.8 Å². The Balaban J connectivity index is 2.34. The third-order valence-corrected chi connectivity index (χ3v) is 5.34. The average Bonchev–Trinajstić information content (AvgIpc) is 2.59. The predicted octanol–water partition coefficient (Wildman–Crippen LogP) is 5.27. The van der Waals surface area contributed by atoms with Crippen molar-refractivity contribution in [1.29, 1.82) is 0 Å². The molecule has 0 heterocycles. The van der Waals surface area contributed by atoms with Crippen molar-refractivity contribution < 1.29 is 24.5 Å². The summed E-state index contributed by atoms with van der Waals surface area (Å²) in [6, 6.07) is 5.90. The Morgan fingerprint density at radius 1 is 1.00 bits per heavy atom. The molecule has 2 N–H and O–H groups in total. The molecule has 0 aliphatic rings. The fourth-order valence-electron chi connectivity index (χ4n) is 3.21. The number of aryl methyl sites for hydroxylation is 2. The largest absolute Gasteiger partial charge is 0.508 e. The molecule has 0 aliphatic carbocycles. The van der Waals surface area contributed by atoms with E-state index in [1.165, 1.54) is 0 Å². The first-order valence-electron chi connectivity index (χ1n) is 10.2. The molecule has 158 valence electrons. The van der Waals surface area contributed by atoms with E-state index in [1.807, 2.05) is 26.0 Å². The zero-order chi connectivity index (χ0) is 21.2. The first-order valence-corrected chi connectivity index (χ1v) is 10.2. The Labute approximate surface area is 169 Å². The number of aromatic hydroxyl groups is 1. The van der Waals surface area contributed by atoms with Gasteiger partial charge in [-0.3, -0.25) is 9.59 Å². The Kier molecular flexibility index (Phi) is 9.50. The molecule has 0 radical (unpaired) electrons. The zero-order valence-corrected chi connectivity index (χ0v) is 17.8. The van der Waals surface area contributed by atoms with Gasteiger partial charge in [-0.25, -0.2) is 0 Å². The van der Waals surface area contributed by atoms with Gasteiger partial charge in [0.25, 0.3) is 6.47 Å². The quantitative estimate of drug-likeness (QED) is 0.333. The molecule has 0 unspecified atom stereocenters. The number of carbonyl (C=O) groups excluding carboxylic acids is 1. The molecule has 0 aliphatic heterocycles. The van der Waals surface area contributed by atoms with E-state index in [4.69, 9.17) is 9.84 Å². The number of phenolic OH excluding ortho intramolecular Hbond substituents is 1. The lowest BCUT2D eigenvalue weighted by Gasteiger charge is -2.22. The second kappa shape index (κ2) is 11.1. The van der Waals surface area contributed by atoms with Gasteiger partial charge in [-0.15, -0.1) is 0 Å². The molecule has 5 heteroatoms. The summed E-state index contributed by atoms with van der Waals surface area (Å²) in [4.78, 5) is 21.6. The van der Waals surface area contributed by atoms with Crippen molar-refractivity contribution in [2.75, 3.05) is 0 Å². The van der Waals surface area contributed by atoms with E-state index in [9.17, 15) is 14.7 Å². The maximum absolute atomic E-state index is 11.1. The molecule has 1 aromatic rings. The number of hydrogen-bond donors (Lipinski definition) is 2. The van der Waals surface area contributed by atoms with Crippen LogP contribution in [0.2, 0.25) is 0 Å². The molecule has 5 nitrogen and oxygen atoms in total. The molecule has 0 fully saturated rings. The van der Waals surface area contributed by atoms with E-state index in [2.05, 4.69) is 6.07 Å². The number of carboxylic acid groups (broad SMARTS) is 1. The third kappa shape index (κ3) is 8.77. The summed E-state index contributed by atoms with van der Waals surface area (Å²) >= 11 is 0. The lowest BCUT2D eigenvalue weighted by molar-refractivity contribution is -0.147. The topological polar surface area (TPSA) is 83.8 Å². The lowest BCUT2D eigenvalue weighted by atomic mass is 9.87. The van der Waals surface area contributed by atoms with E-state index >= 15 is 0 Å². The van der Waals surface area contributed by atoms with Gasteiger partial charge in [0.1, 0.15) is 11.4 Å². The van der Waals surface area contributed by atoms with Gasteiger partial charge >= 0.3 is 5.97 Å². The zero-order valence-electron chi connectivity index (χ0n) is 17.8. The van der Waals surface area contributed by atoms with Gasteiger partial charge in [-0.1, -0.05) is 25.0 Å². The van der Waals surface area contributed by atoms with Crippen LogP contribution in [0.1, 0.15) is 83.8 Å². The second-order valence-corrected chi connectivity index (χ2v) is 8.89. The van der Waals surface area contributed by atoms with E-state index in [-0.39, 0.29) is 0 Å². The smallest absolute Gasteiger partial charge is 0.309 e. The van der Waals surface area contributed by atoms with Crippen molar-refractivity contribution in [1.82, 2.24) is 0 Å². The molecule has 0 amide bonds. The summed E-state index contributed by atoms with van der Waals surface area (Å²) in [5, 5.41) is 19.4. The Bertz CT molecular complexity index is 634. The van der Waals surface area contributed by atoms with Crippen molar-refractivity contribution in [3.63, 3.8) is 0 Å². The molecular weight excluding hydrogens is 356 g/mol. The Hall–Kier alpha value is -2.04. The third-order valence-electron chi connectivity index (χ3n) is 5.34. The maximum atomic E-state index is 11.1.